The van der Waals surface area contributed by atoms with E-state index in [1.165, 1.54) is 17.4 Å². The lowest BCUT2D eigenvalue weighted by Gasteiger charge is -2.27. The summed E-state index contributed by atoms with van der Waals surface area (Å²) in [6, 6.07) is 6.10. The molecule has 0 aromatic carbocycles. The molecule has 7 nitrogen and oxygen atoms in total. The van der Waals surface area contributed by atoms with Gasteiger partial charge in [-0.15, -0.1) is 16.1 Å². The molecule has 0 spiro atoms. The van der Waals surface area contributed by atoms with E-state index >= 15 is 0 Å². The first-order valence-corrected chi connectivity index (χ1v) is 11.2. The highest BCUT2D eigenvalue weighted by molar-refractivity contribution is 7.90. The number of anilines is 1. The summed E-state index contributed by atoms with van der Waals surface area (Å²) in [6.45, 7) is 5.53. The van der Waals surface area contributed by atoms with Crippen LogP contribution in [0.5, 0.6) is 0 Å². The lowest BCUT2D eigenvalue weighted by molar-refractivity contribution is 0.209. The average molecular weight is 473 g/mol. The molecule has 0 aliphatic rings. The molecular weight excluding hydrogens is 455 g/mol. The highest BCUT2D eigenvalue weighted by Gasteiger charge is 2.33. The van der Waals surface area contributed by atoms with E-state index in [1.54, 1.807) is 12.3 Å². The quantitative estimate of drug-likeness (QED) is 0.346. The molecule has 0 saturated heterocycles. The van der Waals surface area contributed by atoms with Crippen molar-refractivity contribution in [1.82, 2.24) is 14.7 Å². The number of hydrogen-bond donors (Lipinski definition) is 3. The number of thiophene rings is 1. The zero-order valence-corrected chi connectivity index (χ0v) is 18.8. The number of amides is 1. The van der Waals surface area contributed by atoms with Crippen LogP contribution in [0.4, 0.5) is 10.6 Å². The minimum Gasteiger partial charge on any atom is -0.598 e. The Kier molecular flexibility index (Phi) is 6.57. The Balaban J connectivity index is 2.12. The van der Waals surface area contributed by atoms with E-state index < -0.39 is 28.2 Å². The molecule has 154 valence electrons. The minimum absolute atomic E-state index is 0.117. The Labute approximate surface area is 184 Å². The third kappa shape index (κ3) is 5.11. The third-order valence-corrected chi connectivity index (χ3v) is 7.36. The molecular formula is C18H18Cl2N4O3S2. The van der Waals surface area contributed by atoms with Crippen molar-refractivity contribution in [2.45, 2.75) is 31.6 Å². The van der Waals surface area contributed by atoms with E-state index in [2.05, 4.69) is 20.0 Å². The summed E-state index contributed by atoms with van der Waals surface area (Å²) in [5.41, 5.74) is 0.353. The van der Waals surface area contributed by atoms with E-state index in [9.17, 15) is 9.35 Å². The summed E-state index contributed by atoms with van der Waals surface area (Å²) in [7, 11) is 0. The van der Waals surface area contributed by atoms with Crippen LogP contribution in [-0.2, 0) is 11.4 Å². The van der Waals surface area contributed by atoms with Gasteiger partial charge in [-0.05, 0) is 50.4 Å². The molecule has 3 aromatic rings. The number of nitrogens with one attached hydrogen (secondary N) is 2. The fourth-order valence-electron chi connectivity index (χ4n) is 2.47. The van der Waals surface area contributed by atoms with Crippen LogP contribution < -0.4 is 10.0 Å². The third-order valence-electron chi connectivity index (χ3n) is 3.86. The first-order chi connectivity index (χ1) is 13.6. The van der Waals surface area contributed by atoms with Crippen LogP contribution in [-0.4, -0.2) is 30.5 Å². The normalized spacial score (nSPS) is 14.0. The van der Waals surface area contributed by atoms with Gasteiger partial charge in [-0.25, -0.2) is 14.8 Å². The number of aromatic nitrogens is 2. The van der Waals surface area contributed by atoms with Crippen LogP contribution in [0.1, 0.15) is 37.4 Å². The molecule has 0 fully saturated rings. The second-order valence-corrected chi connectivity index (χ2v) is 10.9. The molecule has 1 unspecified atom stereocenters. The van der Waals surface area contributed by atoms with Crippen LogP contribution in [0.15, 0.2) is 30.5 Å². The van der Waals surface area contributed by atoms with Crippen molar-refractivity contribution in [3.05, 3.63) is 51.2 Å². The van der Waals surface area contributed by atoms with E-state index in [1.807, 2.05) is 32.9 Å². The predicted molar refractivity (Wildman–Crippen MR) is 118 cm³/mol. The Morgan fingerprint density at radius 3 is 2.66 bits per heavy atom. The van der Waals surface area contributed by atoms with Crippen LogP contribution in [0.25, 0.3) is 10.1 Å². The van der Waals surface area contributed by atoms with Gasteiger partial charge in [0.05, 0.1) is 15.4 Å². The van der Waals surface area contributed by atoms with Gasteiger partial charge < -0.3 is 9.66 Å². The SMILES string of the molecule is CC(C)(C)[S@@+]([O-])NC(c1cc2ccnc(Cl)c2s1)c1nc(NC(=O)O)ccc1Cl. The summed E-state index contributed by atoms with van der Waals surface area (Å²) < 4.78 is 16.2. The molecule has 0 saturated carbocycles. The first-order valence-electron chi connectivity index (χ1n) is 8.44. The molecule has 11 heteroatoms. The molecule has 0 aliphatic carbocycles. The van der Waals surface area contributed by atoms with Gasteiger partial charge in [0.25, 0.3) is 0 Å². The Morgan fingerprint density at radius 1 is 1.31 bits per heavy atom. The van der Waals surface area contributed by atoms with Crippen LogP contribution in [0, 0.1) is 0 Å². The molecule has 29 heavy (non-hydrogen) atoms. The van der Waals surface area contributed by atoms with Crippen LogP contribution >= 0.6 is 34.5 Å². The van der Waals surface area contributed by atoms with E-state index in [0.29, 0.717) is 15.9 Å². The Hall–Kier alpha value is -1.62. The van der Waals surface area contributed by atoms with Crippen molar-refractivity contribution in [2.75, 3.05) is 5.32 Å². The zero-order valence-electron chi connectivity index (χ0n) is 15.7. The lowest BCUT2D eigenvalue weighted by atomic mass is 10.1. The molecule has 0 radical (unpaired) electrons. The van der Waals surface area contributed by atoms with Gasteiger partial charge in [0.1, 0.15) is 21.8 Å². The number of carbonyl (C=O) groups is 1. The van der Waals surface area contributed by atoms with Crippen molar-refractivity contribution in [1.29, 1.82) is 0 Å². The van der Waals surface area contributed by atoms with Crippen molar-refractivity contribution in [3.8, 4) is 0 Å². The maximum absolute atomic E-state index is 12.9. The van der Waals surface area contributed by atoms with Gasteiger partial charge >= 0.3 is 6.09 Å². The summed E-state index contributed by atoms with van der Waals surface area (Å²) in [5, 5.41) is 12.8. The largest absolute Gasteiger partial charge is 0.598 e. The minimum atomic E-state index is -1.45. The maximum Gasteiger partial charge on any atom is 0.410 e. The Bertz CT molecular complexity index is 1060. The molecule has 3 N–H and O–H groups in total. The lowest BCUT2D eigenvalue weighted by Crippen LogP contribution is -2.41. The molecule has 1 amide bonds. The van der Waals surface area contributed by atoms with E-state index in [0.717, 1.165) is 15.0 Å². The summed E-state index contributed by atoms with van der Waals surface area (Å²) >= 11 is 12.5. The maximum atomic E-state index is 12.9. The first kappa shape index (κ1) is 22.1. The summed E-state index contributed by atoms with van der Waals surface area (Å²) in [5.74, 6) is 0.117. The smallest absolute Gasteiger partial charge is 0.410 e. The van der Waals surface area contributed by atoms with Crippen molar-refractivity contribution < 1.29 is 14.5 Å². The number of pyridine rings is 2. The molecule has 3 rings (SSSR count). The summed E-state index contributed by atoms with van der Waals surface area (Å²) in [4.78, 5) is 20.2. The number of fused-ring (bicyclic) bond motifs is 1. The number of hydrogen-bond acceptors (Lipinski definition) is 6. The number of halogens is 2. The average Bonchev–Trinajstić information content (AvgIpc) is 3.05. The monoisotopic (exact) mass is 472 g/mol. The van der Waals surface area contributed by atoms with E-state index in [-0.39, 0.29) is 5.82 Å². The molecule has 0 aliphatic heterocycles. The van der Waals surface area contributed by atoms with Gasteiger partial charge in [-0.2, -0.15) is 0 Å². The molecule has 0 bridgehead atoms. The van der Waals surface area contributed by atoms with E-state index in [4.69, 9.17) is 28.3 Å². The van der Waals surface area contributed by atoms with Crippen molar-refractivity contribution >= 4 is 67.9 Å². The van der Waals surface area contributed by atoms with Gasteiger partial charge in [-0.3, -0.25) is 5.32 Å². The molecule has 3 aromatic heterocycles. The Morgan fingerprint density at radius 2 is 2.03 bits per heavy atom. The topological polar surface area (TPSA) is 110 Å². The van der Waals surface area contributed by atoms with Gasteiger partial charge in [-0.1, -0.05) is 23.2 Å². The standard InChI is InChI=1S/C18H18Cl2N4O3S2/c1-18(2,3)29(27)24-14(11-8-9-6-7-21-16(20)15(9)28-11)13-10(19)4-5-12(22-13)23-17(25)26/h4-8,14,24H,1-3H3,(H,22,23)(H,25,26)/t14?,29-/m1/s1. The highest BCUT2D eigenvalue weighted by atomic mass is 35.5. The fourth-order valence-corrected chi connectivity index (χ4v) is 4.93. The second-order valence-electron chi connectivity index (χ2n) is 7.09. The zero-order chi connectivity index (χ0) is 21.3. The van der Waals surface area contributed by atoms with Gasteiger partial charge in [0.15, 0.2) is 0 Å². The molecule has 2 atom stereocenters. The summed E-state index contributed by atoms with van der Waals surface area (Å²) in [6.07, 6.45) is 0.368. The van der Waals surface area contributed by atoms with Gasteiger partial charge in [0, 0.05) is 22.4 Å². The van der Waals surface area contributed by atoms with Crippen LogP contribution in [0.2, 0.25) is 10.2 Å². The number of carboxylic acid groups (broad SMARTS) is 1. The number of nitrogens with zero attached hydrogens (tertiary/aromatic N) is 2. The number of rotatable bonds is 5. The van der Waals surface area contributed by atoms with Crippen molar-refractivity contribution in [2.24, 2.45) is 0 Å². The van der Waals surface area contributed by atoms with Gasteiger partial charge in [0.2, 0.25) is 0 Å². The predicted octanol–water partition coefficient (Wildman–Crippen LogP) is 5.23. The highest BCUT2D eigenvalue weighted by Crippen LogP contribution is 2.38. The fraction of sp³-hybridized carbons (Fsp3) is 0.278. The van der Waals surface area contributed by atoms with Crippen LogP contribution in [0.3, 0.4) is 0 Å². The van der Waals surface area contributed by atoms with Crippen molar-refractivity contribution in [3.63, 3.8) is 0 Å². The second kappa shape index (κ2) is 8.63. The molecule has 3 heterocycles.